The monoisotopic (exact) mass is 254 g/mol. The number of unbranched alkanes of at least 4 members (excludes halogenated alkanes) is 6. The molecule has 0 bridgehead atoms. The summed E-state index contributed by atoms with van der Waals surface area (Å²) in [6, 6.07) is 0. The Balaban J connectivity index is 1.93. The molecular formula is C15H30N2O. The van der Waals surface area contributed by atoms with Gasteiger partial charge < -0.3 is 10.0 Å². The quantitative estimate of drug-likeness (QED) is 0.608. The van der Waals surface area contributed by atoms with Gasteiger partial charge in [0, 0.05) is 13.1 Å². The topological polar surface area (TPSA) is 35.8 Å². The van der Waals surface area contributed by atoms with E-state index in [9.17, 15) is 5.11 Å². The van der Waals surface area contributed by atoms with Crippen molar-refractivity contribution in [1.29, 1.82) is 0 Å². The van der Waals surface area contributed by atoms with E-state index in [2.05, 4.69) is 16.8 Å². The Morgan fingerprint density at radius 3 is 2.44 bits per heavy atom. The molecule has 1 aliphatic heterocycles. The summed E-state index contributed by atoms with van der Waals surface area (Å²) in [5, 5.41) is 9.97. The van der Waals surface area contributed by atoms with Crippen molar-refractivity contribution in [1.82, 2.24) is 4.90 Å². The maximum Gasteiger partial charge on any atom is 0.0959 e. The van der Waals surface area contributed by atoms with Crippen LogP contribution in [0.25, 0.3) is 0 Å². The minimum absolute atomic E-state index is 0.177. The third-order valence-electron chi connectivity index (χ3n) is 3.74. The minimum atomic E-state index is -0.177. The predicted octanol–water partition coefficient (Wildman–Crippen LogP) is 3.22. The average molecular weight is 254 g/mol. The Labute approximate surface area is 112 Å². The number of aliphatic hydroxyl groups excluding tert-OH is 1. The van der Waals surface area contributed by atoms with E-state index in [1.807, 2.05) is 6.92 Å². The van der Waals surface area contributed by atoms with Crippen LogP contribution in [0.2, 0.25) is 0 Å². The molecule has 0 aromatic carbocycles. The lowest BCUT2D eigenvalue weighted by Crippen LogP contribution is -2.33. The van der Waals surface area contributed by atoms with Crippen molar-refractivity contribution in [3.8, 4) is 0 Å². The number of rotatable bonds is 10. The van der Waals surface area contributed by atoms with Crippen LogP contribution >= 0.6 is 0 Å². The van der Waals surface area contributed by atoms with Gasteiger partial charge in [0.15, 0.2) is 0 Å². The van der Waals surface area contributed by atoms with E-state index in [4.69, 9.17) is 0 Å². The number of aliphatic imine (C=N–C) groups is 1. The largest absolute Gasteiger partial charge is 0.391 e. The molecule has 0 saturated heterocycles. The van der Waals surface area contributed by atoms with Crippen molar-refractivity contribution in [2.24, 2.45) is 4.99 Å². The Morgan fingerprint density at radius 2 is 1.83 bits per heavy atom. The first kappa shape index (κ1) is 15.5. The summed E-state index contributed by atoms with van der Waals surface area (Å²) in [6.07, 6.45) is 9.96. The summed E-state index contributed by atoms with van der Waals surface area (Å²) in [4.78, 5) is 6.54. The van der Waals surface area contributed by atoms with Crippen molar-refractivity contribution in [3.05, 3.63) is 0 Å². The fraction of sp³-hybridized carbons (Fsp3) is 0.933. The molecule has 1 aliphatic rings. The van der Waals surface area contributed by atoms with Crippen molar-refractivity contribution >= 4 is 5.84 Å². The fourth-order valence-corrected chi connectivity index (χ4v) is 2.50. The fourth-order valence-electron chi connectivity index (χ4n) is 2.50. The number of amidine groups is 1. The zero-order valence-electron chi connectivity index (χ0n) is 12.2. The van der Waals surface area contributed by atoms with Gasteiger partial charge in [0.2, 0.25) is 0 Å². The Morgan fingerprint density at radius 1 is 1.17 bits per heavy atom. The van der Waals surface area contributed by atoms with E-state index in [1.54, 1.807) is 0 Å². The van der Waals surface area contributed by atoms with E-state index in [0.717, 1.165) is 38.3 Å². The lowest BCUT2D eigenvalue weighted by atomic mass is 10.1. The Bertz CT molecular complexity index is 241. The summed E-state index contributed by atoms with van der Waals surface area (Å²) >= 11 is 0. The van der Waals surface area contributed by atoms with Crippen LogP contribution < -0.4 is 0 Å². The zero-order valence-corrected chi connectivity index (χ0v) is 12.2. The third kappa shape index (κ3) is 6.39. The summed E-state index contributed by atoms with van der Waals surface area (Å²) < 4.78 is 0. The van der Waals surface area contributed by atoms with Gasteiger partial charge in [-0.2, -0.15) is 0 Å². The van der Waals surface area contributed by atoms with Crippen LogP contribution in [0.4, 0.5) is 0 Å². The summed E-state index contributed by atoms with van der Waals surface area (Å²) in [6.45, 7) is 6.94. The SMILES string of the molecule is CCCCCCCCCC(O)CN1CCN=C1C. The van der Waals surface area contributed by atoms with Gasteiger partial charge in [-0.25, -0.2) is 0 Å². The number of aliphatic hydroxyl groups is 1. The average Bonchev–Trinajstić information content (AvgIpc) is 2.74. The molecule has 106 valence electrons. The van der Waals surface area contributed by atoms with E-state index >= 15 is 0 Å². The summed E-state index contributed by atoms with van der Waals surface area (Å²) in [5.74, 6) is 1.09. The van der Waals surface area contributed by atoms with Crippen molar-refractivity contribution < 1.29 is 5.11 Å². The molecule has 3 heteroatoms. The smallest absolute Gasteiger partial charge is 0.0959 e. The van der Waals surface area contributed by atoms with Crippen molar-refractivity contribution in [3.63, 3.8) is 0 Å². The molecule has 0 radical (unpaired) electrons. The van der Waals surface area contributed by atoms with Gasteiger partial charge in [0.1, 0.15) is 0 Å². The second-order valence-corrected chi connectivity index (χ2v) is 5.44. The van der Waals surface area contributed by atoms with Crippen LogP contribution in [-0.2, 0) is 0 Å². The highest BCUT2D eigenvalue weighted by molar-refractivity contribution is 5.81. The van der Waals surface area contributed by atoms with E-state index in [1.165, 1.54) is 38.5 Å². The van der Waals surface area contributed by atoms with Gasteiger partial charge in [-0.05, 0) is 13.3 Å². The highest BCUT2D eigenvalue weighted by Gasteiger charge is 2.15. The lowest BCUT2D eigenvalue weighted by Gasteiger charge is -2.21. The minimum Gasteiger partial charge on any atom is -0.391 e. The number of nitrogens with zero attached hydrogens (tertiary/aromatic N) is 2. The lowest BCUT2D eigenvalue weighted by molar-refractivity contribution is 0.133. The molecule has 18 heavy (non-hydrogen) atoms. The molecule has 0 saturated carbocycles. The first-order valence-electron chi connectivity index (χ1n) is 7.68. The molecule has 0 amide bonds. The maximum absolute atomic E-state index is 9.97. The Kier molecular flexibility index (Phi) is 8.06. The normalized spacial score (nSPS) is 17.1. The van der Waals surface area contributed by atoms with Gasteiger partial charge in [0.25, 0.3) is 0 Å². The highest BCUT2D eigenvalue weighted by atomic mass is 16.3. The standard InChI is InChI=1S/C15H30N2O/c1-3-4-5-6-7-8-9-10-15(18)13-17-12-11-16-14(17)2/h15,18H,3-13H2,1-2H3. The molecule has 0 fully saturated rings. The maximum atomic E-state index is 9.97. The second-order valence-electron chi connectivity index (χ2n) is 5.44. The molecule has 0 spiro atoms. The van der Waals surface area contributed by atoms with Gasteiger partial charge >= 0.3 is 0 Å². The predicted molar refractivity (Wildman–Crippen MR) is 78.2 cm³/mol. The number of hydrogen-bond acceptors (Lipinski definition) is 3. The molecule has 1 atom stereocenters. The van der Waals surface area contributed by atoms with Gasteiger partial charge in [-0.1, -0.05) is 51.9 Å². The molecule has 0 aromatic heterocycles. The molecular weight excluding hydrogens is 224 g/mol. The Hall–Kier alpha value is -0.570. The van der Waals surface area contributed by atoms with Gasteiger partial charge in [-0.15, -0.1) is 0 Å². The van der Waals surface area contributed by atoms with Gasteiger partial charge in [-0.3, -0.25) is 4.99 Å². The van der Waals surface area contributed by atoms with Crippen LogP contribution in [0.5, 0.6) is 0 Å². The molecule has 1 N–H and O–H groups in total. The third-order valence-corrected chi connectivity index (χ3v) is 3.74. The van der Waals surface area contributed by atoms with Crippen LogP contribution in [-0.4, -0.2) is 41.6 Å². The molecule has 3 nitrogen and oxygen atoms in total. The first-order chi connectivity index (χ1) is 8.74. The van der Waals surface area contributed by atoms with E-state index in [-0.39, 0.29) is 6.10 Å². The second kappa shape index (κ2) is 9.37. The summed E-state index contributed by atoms with van der Waals surface area (Å²) in [7, 11) is 0. The van der Waals surface area contributed by atoms with Crippen molar-refractivity contribution in [2.45, 2.75) is 71.3 Å². The molecule has 0 aliphatic carbocycles. The number of β-amino-alcohol motifs (C(OH)–C–C–N with tert-alkyl or cyclic N) is 1. The summed E-state index contributed by atoms with van der Waals surface area (Å²) in [5.41, 5.74) is 0. The van der Waals surface area contributed by atoms with Crippen LogP contribution in [0.3, 0.4) is 0 Å². The molecule has 1 heterocycles. The van der Waals surface area contributed by atoms with E-state index in [0.29, 0.717) is 0 Å². The molecule has 0 aromatic rings. The van der Waals surface area contributed by atoms with Gasteiger partial charge in [0.05, 0.1) is 18.5 Å². The first-order valence-corrected chi connectivity index (χ1v) is 7.68. The van der Waals surface area contributed by atoms with Crippen LogP contribution in [0.15, 0.2) is 4.99 Å². The van der Waals surface area contributed by atoms with E-state index < -0.39 is 0 Å². The highest BCUT2D eigenvalue weighted by Crippen LogP contribution is 2.11. The van der Waals surface area contributed by atoms with Crippen LogP contribution in [0, 0.1) is 0 Å². The van der Waals surface area contributed by atoms with Crippen molar-refractivity contribution in [2.75, 3.05) is 19.6 Å². The zero-order chi connectivity index (χ0) is 13.2. The number of hydrogen-bond donors (Lipinski definition) is 1. The molecule has 1 rings (SSSR count). The molecule has 1 unspecified atom stereocenters. The van der Waals surface area contributed by atoms with Crippen LogP contribution in [0.1, 0.15) is 65.2 Å².